The number of rotatable bonds is 9. The van der Waals surface area contributed by atoms with Crippen molar-refractivity contribution >= 4 is 29.1 Å². The molecule has 2 saturated heterocycles. The molecular formula is C29H35N7O2. The lowest BCUT2D eigenvalue weighted by molar-refractivity contribution is 0.243. The normalized spacial score (nSPS) is 18.6. The Kier molecular flexibility index (Phi) is 7.31. The average Bonchev–Trinajstić information content (AvgIpc) is 3.45. The van der Waals surface area contributed by atoms with Crippen molar-refractivity contribution in [1.82, 2.24) is 19.9 Å². The van der Waals surface area contributed by atoms with Crippen LogP contribution in [-0.2, 0) is 11.2 Å². The highest BCUT2D eigenvalue weighted by Crippen LogP contribution is 2.36. The number of likely N-dealkylation sites (tertiary alicyclic amines) is 1. The highest BCUT2D eigenvalue weighted by atomic mass is 16.5. The number of ether oxygens (including phenoxy) is 1. The number of aromatic nitrogens is 3. The number of allylic oxidation sites excluding steroid dienone is 1. The van der Waals surface area contributed by atoms with E-state index in [0.717, 1.165) is 30.0 Å². The van der Waals surface area contributed by atoms with Crippen molar-refractivity contribution in [2.24, 2.45) is 0 Å². The number of piperazine rings is 1. The van der Waals surface area contributed by atoms with Gasteiger partial charge in [0.2, 0.25) is 5.95 Å². The van der Waals surface area contributed by atoms with Gasteiger partial charge in [-0.25, -0.2) is 19.7 Å². The van der Waals surface area contributed by atoms with Crippen LogP contribution in [0.4, 0.5) is 23.1 Å². The summed E-state index contributed by atoms with van der Waals surface area (Å²) in [6.45, 7) is 8.25. The van der Waals surface area contributed by atoms with Gasteiger partial charge in [-0.05, 0) is 83.0 Å². The Morgan fingerprint density at radius 3 is 2.74 bits per heavy atom. The van der Waals surface area contributed by atoms with Gasteiger partial charge in [-0.2, -0.15) is 0 Å². The van der Waals surface area contributed by atoms with Crippen molar-refractivity contribution in [2.75, 3.05) is 36.1 Å². The smallest absolute Gasteiger partial charge is 0.227 e. The van der Waals surface area contributed by atoms with Crippen LogP contribution in [0, 0.1) is 6.92 Å². The van der Waals surface area contributed by atoms with Crippen molar-refractivity contribution in [3.63, 3.8) is 0 Å². The Balaban J connectivity index is 1.39. The average molecular weight is 514 g/mol. The molecular weight excluding hydrogens is 478 g/mol. The summed E-state index contributed by atoms with van der Waals surface area (Å²) in [4.78, 5) is 29.5. The van der Waals surface area contributed by atoms with Gasteiger partial charge in [0, 0.05) is 54.4 Å². The first-order valence-electron chi connectivity index (χ1n) is 13.2. The third kappa shape index (κ3) is 5.35. The fourth-order valence-corrected chi connectivity index (χ4v) is 5.49. The zero-order chi connectivity index (χ0) is 26.8. The van der Waals surface area contributed by atoms with E-state index < -0.39 is 0 Å². The molecule has 5 rings (SSSR count). The van der Waals surface area contributed by atoms with Crippen LogP contribution in [0.15, 0.2) is 42.6 Å². The number of aryl methyl sites for hydroxylation is 2. The SMILES string of the molecule is Cc1cc(Nc2nccc(-c3cc(OC(C)C)c(N)nc3CCC=C=O)n2)ccc1N1C[C@@H]2C[C@H]1CN2C. The van der Waals surface area contributed by atoms with E-state index in [-0.39, 0.29) is 6.10 Å². The summed E-state index contributed by atoms with van der Waals surface area (Å²) in [5.74, 6) is 3.13. The molecule has 0 unspecified atom stereocenters. The molecule has 0 spiro atoms. The van der Waals surface area contributed by atoms with Crippen molar-refractivity contribution in [3.8, 4) is 17.0 Å². The van der Waals surface area contributed by atoms with E-state index in [0.29, 0.717) is 48.1 Å². The molecule has 2 aliphatic heterocycles. The molecule has 0 saturated carbocycles. The molecule has 2 bridgehead atoms. The second-order valence-electron chi connectivity index (χ2n) is 10.4. The van der Waals surface area contributed by atoms with Crippen molar-refractivity contribution in [1.29, 1.82) is 0 Å². The third-order valence-corrected chi connectivity index (χ3v) is 7.27. The van der Waals surface area contributed by atoms with Crippen molar-refractivity contribution < 1.29 is 9.53 Å². The molecule has 198 valence electrons. The van der Waals surface area contributed by atoms with Crippen LogP contribution >= 0.6 is 0 Å². The van der Waals surface area contributed by atoms with E-state index in [4.69, 9.17) is 15.5 Å². The number of anilines is 4. The van der Waals surface area contributed by atoms with Crippen molar-refractivity contribution in [3.05, 3.63) is 53.9 Å². The number of nitrogens with zero attached hydrogens (tertiary/aromatic N) is 5. The van der Waals surface area contributed by atoms with Gasteiger partial charge in [0.05, 0.1) is 17.5 Å². The maximum absolute atomic E-state index is 10.7. The number of hydrogen-bond acceptors (Lipinski definition) is 9. The molecule has 3 N–H and O–H groups in total. The largest absolute Gasteiger partial charge is 0.487 e. The second kappa shape index (κ2) is 10.8. The summed E-state index contributed by atoms with van der Waals surface area (Å²) in [5, 5.41) is 3.36. The molecule has 1 aromatic carbocycles. The topological polar surface area (TPSA) is 109 Å². The Morgan fingerprint density at radius 1 is 1.21 bits per heavy atom. The molecule has 0 aliphatic carbocycles. The number of nitrogen functional groups attached to an aromatic ring is 1. The summed E-state index contributed by atoms with van der Waals surface area (Å²) in [5.41, 5.74) is 11.9. The molecule has 2 aliphatic rings. The van der Waals surface area contributed by atoms with Gasteiger partial charge in [0.15, 0.2) is 11.6 Å². The van der Waals surface area contributed by atoms with Crippen LogP contribution in [0.1, 0.15) is 37.9 Å². The van der Waals surface area contributed by atoms with E-state index in [1.807, 2.05) is 31.9 Å². The summed E-state index contributed by atoms with van der Waals surface area (Å²) in [6, 6.07) is 11.4. The number of hydrogen-bond donors (Lipinski definition) is 2. The molecule has 0 radical (unpaired) electrons. The molecule has 2 fully saturated rings. The first kappa shape index (κ1) is 25.7. The minimum Gasteiger partial charge on any atom is -0.487 e. The van der Waals surface area contributed by atoms with Crippen LogP contribution in [0.25, 0.3) is 11.3 Å². The standard InChI is InChI=1S/C29H35N7O2/c1-18(2)38-27-15-23(24(33-28(27)30)7-5-6-12-37)25-10-11-31-29(34-25)32-20-8-9-26(19(3)13-20)36-17-21-14-22(36)16-35(21)4/h6,8-11,13,15,18,21-22H,5,7,14,16-17H2,1-4H3,(H2,30,33)(H,31,32,34)/t21-,22-/m0/s1. The summed E-state index contributed by atoms with van der Waals surface area (Å²) in [7, 11) is 2.22. The van der Waals surface area contributed by atoms with Crippen LogP contribution in [-0.4, -0.2) is 64.1 Å². The number of likely N-dealkylation sites (N-methyl/N-ethyl adjacent to an activating group) is 1. The number of fused-ring (bicyclic) bond motifs is 2. The lowest BCUT2D eigenvalue weighted by Crippen LogP contribution is -2.44. The number of benzene rings is 1. The maximum Gasteiger partial charge on any atom is 0.227 e. The Labute approximate surface area is 223 Å². The third-order valence-electron chi connectivity index (χ3n) is 7.27. The molecule has 3 aromatic rings. The summed E-state index contributed by atoms with van der Waals surface area (Å²) < 4.78 is 5.88. The van der Waals surface area contributed by atoms with Gasteiger partial charge in [0.25, 0.3) is 0 Å². The molecule has 38 heavy (non-hydrogen) atoms. The molecule has 4 heterocycles. The predicted octanol–water partition coefficient (Wildman–Crippen LogP) is 4.17. The molecule has 0 amide bonds. The van der Waals surface area contributed by atoms with Crippen LogP contribution in [0.5, 0.6) is 5.75 Å². The molecule has 9 nitrogen and oxygen atoms in total. The number of carbonyl (C=O) groups excluding carboxylic acids is 1. The molecule has 2 atom stereocenters. The van der Waals surface area contributed by atoms with Gasteiger partial charge in [-0.1, -0.05) is 0 Å². The summed E-state index contributed by atoms with van der Waals surface area (Å²) in [6.07, 6.45) is 5.39. The highest BCUT2D eigenvalue weighted by molar-refractivity contribution is 5.70. The molecule has 9 heteroatoms. The second-order valence-corrected chi connectivity index (χ2v) is 10.4. The number of nitrogens with two attached hydrogens (primary N) is 1. The Hall–Kier alpha value is -3.94. The zero-order valence-corrected chi connectivity index (χ0v) is 22.4. The number of nitrogens with one attached hydrogen (secondary N) is 1. The fourth-order valence-electron chi connectivity index (χ4n) is 5.49. The van der Waals surface area contributed by atoms with Crippen molar-refractivity contribution in [2.45, 2.75) is 58.2 Å². The lowest BCUT2D eigenvalue weighted by atomic mass is 10.1. The lowest BCUT2D eigenvalue weighted by Gasteiger charge is -2.34. The van der Waals surface area contributed by atoms with E-state index in [9.17, 15) is 4.79 Å². The van der Waals surface area contributed by atoms with E-state index >= 15 is 0 Å². The van der Waals surface area contributed by atoms with E-state index in [2.05, 4.69) is 57.3 Å². The Morgan fingerprint density at radius 2 is 2.05 bits per heavy atom. The monoisotopic (exact) mass is 513 g/mol. The first-order chi connectivity index (χ1) is 18.3. The maximum atomic E-state index is 10.7. The van der Waals surface area contributed by atoms with Gasteiger partial charge in [-0.15, -0.1) is 0 Å². The first-order valence-corrected chi connectivity index (χ1v) is 13.2. The van der Waals surface area contributed by atoms with Crippen LogP contribution < -0.4 is 20.7 Å². The minimum absolute atomic E-state index is 0.0544. The van der Waals surface area contributed by atoms with Gasteiger partial charge in [0.1, 0.15) is 5.94 Å². The summed E-state index contributed by atoms with van der Waals surface area (Å²) >= 11 is 0. The predicted molar refractivity (Wildman–Crippen MR) is 151 cm³/mol. The molecule has 2 aromatic heterocycles. The highest BCUT2D eigenvalue weighted by Gasteiger charge is 2.41. The van der Waals surface area contributed by atoms with Gasteiger partial charge >= 0.3 is 0 Å². The zero-order valence-electron chi connectivity index (χ0n) is 22.4. The minimum atomic E-state index is -0.0544. The van der Waals surface area contributed by atoms with Crippen LogP contribution in [0.3, 0.4) is 0 Å². The quantitative estimate of drug-likeness (QED) is 0.407. The van der Waals surface area contributed by atoms with E-state index in [1.165, 1.54) is 23.7 Å². The number of pyridine rings is 1. The van der Waals surface area contributed by atoms with Gasteiger partial charge < -0.3 is 20.7 Å². The van der Waals surface area contributed by atoms with Gasteiger partial charge in [-0.3, -0.25) is 4.90 Å². The Bertz CT molecular complexity index is 1370. The van der Waals surface area contributed by atoms with E-state index in [1.54, 1.807) is 6.20 Å². The van der Waals surface area contributed by atoms with Crippen LogP contribution in [0.2, 0.25) is 0 Å². The fraction of sp³-hybridized carbons (Fsp3) is 0.414.